The molecular formula is C12H9N2NaO2S. The number of nitrogens with one attached hydrogen (secondary N) is 1. The molecule has 0 fully saturated rings. The average Bonchev–Trinajstić information content (AvgIpc) is 2.28. The SMILES string of the molecule is O=c1cc(-c2ccccc2)nc(CC([O-])=S)[nH]1.[Na+]. The zero-order chi connectivity index (χ0) is 12.3. The van der Waals surface area contributed by atoms with E-state index in [9.17, 15) is 9.90 Å². The van der Waals surface area contributed by atoms with Crippen LogP contribution in [0.1, 0.15) is 5.82 Å². The third-order valence-electron chi connectivity index (χ3n) is 2.17. The summed E-state index contributed by atoms with van der Waals surface area (Å²) in [5, 5.41) is 10.4. The Kier molecular flexibility index (Phi) is 5.68. The van der Waals surface area contributed by atoms with Crippen molar-refractivity contribution in [3.8, 4) is 11.3 Å². The summed E-state index contributed by atoms with van der Waals surface area (Å²) in [6.07, 6.45) is -0.0365. The van der Waals surface area contributed by atoms with E-state index < -0.39 is 5.05 Å². The van der Waals surface area contributed by atoms with Crippen molar-refractivity contribution in [1.29, 1.82) is 0 Å². The van der Waals surface area contributed by atoms with Crippen LogP contribution >= 0.6 is 12.2 Å². The van der Waals surface area contributed by atoms with Gasteiger partial charge in [-0.25, -0.2) is 4.98 Å². The van der Waals surface area contributed by atoms with Crippen molar-refractivity contribution >= 4 is 17.3 Å². The molecule has 0 aliphatic rings. The first-order valence-electron chi connectivity index (χ1n) is 5.00. The molecule has 2 aromatic rings. The van der Waals surface area contributed by atoms with Crippen molar-refractivity contribution in [3.05, 3.63) is 52.6 Å². The van der Waals surface area contributed by atoms with Gasteiger partial charge in [-0.2, -0.15) is 0 Å². The van der Waals surface area contributed by atoms with E-state index in [-0.39, 0.29) is 41.5 Å². The summed E-state index contributed by atoms with van der Waals surface area (Å²) >= 11 is 4.46. The zero-order valence-electron chi connectivity index (χ0n) is 9.84. The zero-order valence-corrected chi connectivity index (χ0v) is 12.7. The van der Waals surface area contributed by atoms with E-state index in [2.05, 4.69) is 22.2 Å². The molecule has 1 aromatic carbocycles. The molecule has 1 N–H and O–H groups in total. The number of aromatic amines is 1. The molecule has 0 saturated carbocycles. The summed E-state index contributed by atoms with van der Waals surface area (Å²) in [7, 11) is 0. The second-order valence-electron chi connectivity index (χ2n) is 3.49. The van der Waals surface area contributed by atoms with Crippen molar-refractivity contribution in [2.75, 3.05) is 0 Å². The second-order valence-corrected chi connectivity index (χ2v) is 3.95. The number of rotatable bonds is 3. The van der Waals surface area contributed by atoms with Crippen LogP contribution in [-0.4, -0.2) is 15.0 Å². The van der Waals surface area contributed by atoms with E-state index >= 15 is 0 Å². The molecule has 86 valence electrons. The Balaban J connectivity index is 0.00000162. The Morgan fingerprint density at radius 3 is 2.61 bits per heavy atom. The van der Waals surface area contributed by atoms with Crippen LogP contribution < -0.4 is 40.2 Å². The number of benzene rings is 1. The first-order chi connectivity index (χ1) is 8.15. The first-order valence-corrected chi connectivity index (χ1v) is 5.41. The Morgan fingerprint density at radius 2 is 2.00 bits per heavy atom. The van der Waals surface area contributed by atoms with Gasteiger partial charge < -0.3 is 10.1 Å². The quantitative estimate of drug-likeness (QED) is 0.501. The Hall–Kier alpha value is -1.01. The maximum absolute atomic E-state index is 11.4. The van der Waals surface area contributed by atoms with Crippen LogP contribution in [0.3, 0.4) is 0 Å². The van der Waals surface area contributed by atoms with Gasteiger partial charge in [0.05, 0.1) is 5.69 Å². The fourth-order valence-corrected chi connectivity index (χ4v) is 1.62. The number of H-pyrrole nitrogens is 1. The van der Waals surface area contributed by atoms with Crippen LogP contribution in [0.2, 0.25) is 0 Å². The number of hydrogen-bond acceptors (Lipinski definition) is 4. The fourth-order valence-electron chi connectivity index (χ4n) is 1.49. The van der Waals surface area contributed by atoms with Gasteiger partial charge in [0.15, 0.2) is 0 Å². The molecule has 0 radical (unpaired) electrons. The van der Waals surface area contributed by atoms with E-state index in [0.29, 0.717) is 11.5 Å². The summed E-state index contributed by atoms with van der Waals surface area (Å²) in [5.74, 6) is 0.302. The van der Waals surface area contributed by atoms with Gasteiger partial charge in [-0.05, 0) is 0 Å². The molecule has 0 amide bonds. The molecular weight excluding hydrogens is 259 g/mol. The van der Waals surface area contributed by atoms with E-state index in [1.165, 1.54) is 6.07 Å². The molecule has 0 aliphatic heterocycles. The smallest absolute Gasteiger partial charge is 0.867 e. The van der Waals surface area contributed by atoms with E-state index in [0.717, 1.165) is 5.56 Å². The summed E-state index contributed by atoms with van der Waals surface area (Å²) in [6, 6.07) is 10.7. The predicted molar refractivity (Wildman–Crippen MR) is 66.6 cm³/mol. The van der Waals surface area contributed by atoms with E-state index in [4.69, 9.17) is 0 Å². The third-order valence-corrected chi connectivity index (χ3v) is 2.32. The van der Waals surface area contributed by atoms with Crippen LogP contribution in [0.25, 0.3) is 11.3 Å². The monoisotopic (exact) mass is 268 g/mol. The van der Waals surface area contributed by atoms with Gasteiger partial charge in [-0.15, -0.1) is 12.2 Å². The third kappa shape index (κ3) is 4.03. The molecule has 0 unspecified atom stereocenters. The van der Waals surface area contributed by atoms with Crippen molar-refractivity contribution < 1.29 is 34.7 Å². The molecule has 1 aromatic heterocycles. The van der Waals surface area contributed by atoms with E-state index in [1.54, 1.807) is 0 Å². The number of hydrogen-bond donors (Lipinski definition) is 1. The van der Waals surface area contributed by atoms with Crippen molar-refractivity contribution in [2.24, 2.45) is 0 Å². The molecule has 4 nitrogen and oxygen atoms in total. The van der Waals surface area contributed by atoms with Crippen LogP contribution in [0.4, 0.5) is 0 Å². The normalized spacial score (nSPS) is 9.56. The molecule has 18 heavy (non-hydrogen) atoms. The van der Waals surface area contributed by atoms with Crippen LogP contribution in [0.15, 0.2) is 41.2 Å². The minimum Gasteiger partial charge on any atom is -0.867 e. The van der Waals surface area contributed by atoms with Gasteiger partial charge in [0.2, 0.25) is 0 Å². The Morgan fingerprint density at radius 1 is 1.33 bits per heavy atom. The molecule has 0 spiro atoms. The molecule has 6 heteroatoms. The molecule has 0 aliphatic carbocycles. The van der Waals surface area contributed by atoms with Crippen molar-refractivity contribution in [2.45, 2.75) is 6.42 Å². The van der Waals surface area contributed by atoms with Crippen LogP contribution in [0, 0.1) is 0 Å². The van der Waals surface area contributed by atoms with Crippen LogP contribution in [0.5, 0.6) is 0 Å². The molecule has 0 atom stereocenters. The molecule has 0 bridgehead atoms. The first kappa shape index (κ1) is 15.0. The van der Waals surface area contributed by atoms with Gasteiger partial charge in [0.1, 0.15) is 5.82 Å². The second kappa shape index (κ2) is 6.80. The minimum absolute atomic E-state index is 0. The van der Waals surface area contributed by atoms with E-state index in [1.807, 2.05) is 30.3 Å². The molecule has 0 saturated heterocycles. The standard InChI is InChI=1S/C12H10N2O2S.Na/c15-11-6-9(8-4-2-1-3-5-8)13-10(14-11)7-12(16)17;/h1-6H,7H2,(H,16,17)(H,13,14,15);/q;+1/p-1. The van der Waals surface area contributed by atoms with Crippen LogP contribution in [-0.2, 0) is 6.42 Å². The predicted octanol–water partition coefficient (Wildman–Crippen LogP) is -2.33. The van der Waals surface area contributed by atoms with Gasteiger partial charge in [0, 0.05) is 18.1 Å². The average molecular weight is 268 g/mol. The molecule has 1 heterocycles. The van der Waals surface area contributed by atoms with Gasteiger partial charge in [0.25, 0.3) is 5.56 Å². The Bertz CT molecular complexity index is 599. The molecule has 2 rings (SSSR count). The summed E-state index contributed by atoms with van der Waals surface area (Å²) in [6.45, 7) is 0. The number of thiocarbonyl (C=S) groups is 1. The largest absolute Gasteiger partial charge is 1.00 e. The maximum Gasteiger partial charge on any atom is 1.00 e. The van der Waals surface area contributed by atoms with Crippen molar-refractivity contribution in [1.82, 2.24) is 9.97 Å². The summed E-state index contributed by atoms with van der Waals surface area (Å²) in [5.41, 5.74) is 1.09. The summed E-state index contributed by atoms with van der Waals surface area (Å²) < 4.78 is 0. The van der Waals surface area contributed by atoms with Gasteiger partial charge in [-0.3, -0.25) is 4.79 Å². The topological polar surface area (TPSA) is 68.8 Å². The summed E-state index contributed by atoms with van der Waals surface area (Å²) in [4.78, 5) is 18.1. The fraction of sp³-hybridized carbons (Fsp3) is 0.0833. The number of aromatic nitrogens is 2. The minimum atomic E-state index is -0.446. The Labute approximate surface area is 131 Å². The van der Waals surface area contributed by atoms with Gasteiger partial charge in [-0.1, -0.05) is 35.4 Å². The van der Waals surface area contributed by atoms with Gasteiger partial charge >= 0.3 is 29.6 Å². The maximum atomic E-state index is 11.4. The number of nitrogens with zero attached hydrogens (tertiary/aromatic N) is 1. The van der Waals surface area contributed by atoms with Crippen molar-refractivity contribution in [3.63, 3.8) is 0 Å².